The number of amides is 6. The molecule has 12 aromatic rings. The first-order valence-corrected chi connectivity index (χ1v) is 37.6. The van der Waals surface area contributed by atoms with Gasteiger partial charge in [0, 0.05) is 199 Å². The van der Waals surface area contributed by atoms with Crippen LogP contribution >= 0.6 is 0 Å². The van der Waals surface area contributed by atoms with Crippen LogP contribution in [0.5, 0.6) is 0 Å². The van der Waals surface area contributed by atoms with Crippen molar-refractivity contribution in [3.05, 3.63) is 213 Å². The van der Waals surface area contributed by atoms with Gasteiger partial charge in [-0.05, 0) is 300 Å². The summed E-state index contributed by atoms with van der Waals surface area (Å²) in [6.07, 6.45) is -23.0. The second kappa shape index (κ2) is 43.7. The van der Waals surface area contributed by atoms with E-state index in [4.69, 9.17) is 82.2 Å². The van der Waals surface area contributed by atoms with Gasteiger partial charge in [0.25, 0.3) is 0 Å². The number of rotatable bonds is 30. The summed E-state index contributed by atoms with van der Waals surface area (Å²) in [5, 5.41) is 13.2. The van der Waals surface area contributed by atoms with Gasteiger partial charge in [0.15, 0.2) is 0 Å². The quantitative estimate of drug-likeness (QED) is 0.0186. The number of carbonyl (C=O) groups excluding carboxylic acids is 6. The Kier molecular flexibility index (Phi) is 14.6. The molecule has 0 aliphatic carbocycles. The number of likely N-dealkylation sites (N-methyl/N-ethyl adjacent to an activating group) is 6. The lowest BCUT2D eigenvalue weighted by atomic mass is 10.0. The van der Waals surface area contributed by atoms with E-state index >= 15 is 0 Å². The molecule has 18 rings (SSSR count). The highest BCUT2D eigenvalue weighted by Crippen LogP contribution is 2.29. The van der Waals surface area contributed by atoms with Gasteiger partial charge in [-0.25, -0.2) is 28.8 Å². The van der Waals surface area contributed by atoms with Gasteiger partial charge in [0.1, 0.15) is 39.4 Å². The van der Waals surface area contributed by atoms with Gasteiger partial charge in [-0.1, -0.05) is 36.4 Å². The smallest absolute Gasteiger partial charge is 0.407 e. The normalized spacial score (nSPS) is 33.1. The van der Waals surface area contributed by atoms with Gasteiger partial charge in [0.2, 0.25) is 0 Å². The molecule has 0 spiro atoms. The zero-order valence-corrected chi connectivity index (χ0v) is 67.7. The Morgan fingerprint density at radius 3 is 0.730 bits per heavy atom. The molecule has 0 saturated carbocycles. The molecule has 0 radical (unpaired) electrons. The molecular weight excluding hydrogens is 1600 g/mol. The van der Waals surface area contributed by atoms with Crippen LogP contribution in [0.2, 0.25) is 0 Å². The number of carbonyl (C=O) groups is 6. The zero-order chi connectivity index (χ0) is 142. The van der Waals surface area contributed by atoms with Gasteiger partial charge in [-0.2, -0.15) is 0 Å². The lowest BCUT2D eigenvalue weighted by Gasteiger charge is -2.09. The number of nitrogens with one attached hydrogen (secondary N) is 12. The molecule has 6 saturated heterocycles. The van der Waals surface area contributed by atoms with E-state index in [1.807, 2.05) is 31.9 Å². The Morgan fingerprint density at radius 1 is 0.294 bits per heavy atom. The third kappa shape index (κ3) is 26.5. The molecule has 672 valence electrons. The minimum absolute atomic E-state index is 0.0315. The van der Waals surface area contributed by atoms with E-state index in [2.05, 4.69) is 58.3 Å². The number of cyclic esters (lactones) is 6. The van der Waals surface area contributed by atoms with Crippen molar-refractivity contribution < 1.29 is 139 Å². The minimum Gasteiger partial charge on any atom is -0.447 e. The highest BCUT2D eigenvalue weighted by Gasteiger charge is 2.29. The predicted molar refractivity (Wildman–Crippen MR) is 495 cm³/mol. The lowest BCUT2D eigenvalue weighted by Crippen LogP contribution is -2.28. The van der Waals surface area contributed by atoms with E-state index in [1.165, 1.54) is 140 Å². The number of H-pyrrole nitrogens is 6. The zero-order valence-electron chi connectivity index (χ0n) is 128. The lowest BCUT2D eigenvalue weighted by molar-refractivity contribution is 0.176. The summed E-state index contributed by atoms with van der Waals surface area (Å²) in [7, 11) is 9.12. The topological polar surface area (TPSA) is 344 Å². The Bertz CT molecular complexity index is 8590. The number of nitrogens with zero attached hydrogens (tertiary/aromatic N) is 6. The Morgan fingerprint density at radius 2 is 0.508 bits per heavy atom. The van der Waals surface area contributed by atoms with Crippen LogP contribution in [-0.4, -0.2) is 295 Å². The minimum atomic E-state index is -3.28. The van der Waals surface area contributed by atoms with Crippen molar-refractivity contribution in [3.63, 3.8) is 0 Å². The van der Waals surface area contributed by atoms with Crippen molar-refractivity contribution in [2.75, 3.05) is 163 Å². The Balaban J connectivity index is 0.000000181. The number of alkyl carbamates (subject to hydrolysis) is 6. The van der Waals surface area contributed by atoms with Gasteiger partial charge in [-0.3, -0.25) is 0 Å². The van der Waals surface area contributed by atoms with Crippen LogP contribution < -0.4 is 31.9 Å². The van der Waals surface area contributed by atoms with Crippen molar-refractivity contribution in [3.8, 4) is 0 Å². The summed E-state index contributed by atoms with van der Waals surface area (Å²) in [6, 6.07) is 7.58. The van der Waals surface area contributed by atoms with Crippen LogP contribution in [-0.2, 0) is 105 Å². The fraction of sp³-hybridized carbons (Fsp3) is 0.438. The SMILES string of the molecule is [2H]C([2H])(CN(C([2H])([2H])[2H])C([2H])([2H])[2H])c1c[nH]c2ccc(C([2H])([2H])[C@]3([2H])NC(=O)OC3([2H])[2H])cc12.[2H]C([2H])(CN(C)C([2H])([2H])[2H])c1c[nH]c2ccc(C([2H])([2H])[C@]3([2H])NC(=O)OC3([2H])[2H])cc12.[2H]C([2H])(CN(C)C)c1c[nH]c2ccc(C([2H])([2H])[C@]3([2H])NC(=O)OC3([2H])[2H])cc12.[2H]C([2H])(Cc1c[nH]c2ccc(C([2H])([2H])[C@]3([2H])NC(=O)OC3([2H])[2H])cc12)N(C)C.[2H]C([2H])([2H])N(C([2H])([2H])[2H])C([2H])([2H])Cc1c[nH]c2ccc(C([2H])([2H])[C@]3([2H])NC(=O)OC3([2H])[2H])cc12.[2H]C([2H])([2H])N(C)C([2H])([2H])Cc1c[nH]c2ccc(C([2H])([2H])[C@]3([2H])NC(=O)OC3([2H])[2H])cc12. The molecule has 126 heavy (non-hydrogen) atoms. The van der Waals surface area contributed by atoms with Gasteiger partial charge >= 0.3 is 36.6 Å². The molecule has 6 amide bonds. The van der Waals surface area contributed by atoms with E-state index in [0.717, 1.165) is 18.0 Å². The summed E-state index contributed by atoms with van der Waals surface area (Å²) in [6.45, 7) is -43.9. The van der Waals surface area contributed by atoms with Crippen molar-refractivity contribution in [2.24, 2.45) is 0 Å². The molecule has 30 heteroatoms. The number of benzene rings is 6. The maximum atomic E-state index is 11.6. The van der Waals surface area contributed by atoms with Crippen molar-refractivity contribution in [2.45, 2.75) is 113 Å². The van der Waals surface area contributed by atoms with Crippen LogP contribution in [0.25, 0.3) is 65.4 Å². The summed E-state index contributed by atoms with van der Waals surface area (Å²) < 4.78 is 504. The molecule has 6 aromatic carbocycles. The molecule has 6 aromatic heterocycles. The Hall–Kier alpha value is -12.1. The first-order chi connectivity index (χ1) is 83.5. The second-order valence-electron chi connectivity index (χ2n) is 27.8. The number of aryl methyl sites for hydroxylation is 3. The number of hydrogen-bond donors (Lipinski definition) is 12. The first-order valence-electron chi connectivity index (χ1n) is 67.6. The van der Waals surface area contributed by atoms with Crippen LogP contribution in [0.3, 0.4) is 0 Å². The maximum Gasteiger partial charge on any atom is 0.407 e. The second-order valence-corrected chi connectivity index (χ2v) is 27.8. The summed E-state index contributed by atoms with van der Waals surface area (Å²) in [5.74, 6) is 0. The largest absolute Gasteiger partial charge is 0.447 e. The highest BCUT2D eigenvalue weighted by atomic mass is 16.6. The van der Waals surface area contributed by atoms with Crippen molar-refractivity contribution >= 4 is 102 Å². The maximum absolute atomic E-state index is 11.6. The van der Waals surface area contributed by atoms with Crippen LogP contribution in [0.1, 0.15) is 149 Å². The van der Waals surface area contributed by atoms with E-state index in [1.54, 1.807) is 45.4 Å². The standard InChI is InChI=1S/6C16H21N3O2/c6*1-19(2)6-5-12-9-17-15-4-3-11(8-14(12)15)7-13-10-21-16(20)18-13/h6*3-4,8-9,13,17H,5-7,10H2,1-2H3,(H,18,20)/t6*13-/m000000/s1/i1D3,2D3,6D2,7D2,10D2,13D;1D3,2D3,5D2,7D2,10D2,13D;1D3,6D2,7D2,10D2,13D;1D3,5D2,7D2,10D2,13D;6D2,7D2,10D2,13D;5D2,7D2,10D2,13D. The number of hydrogen-bond acceptors (Lipinski definition) is 18. The molecule has 30 nitrogen and oxygen atoms in total. The number of ether oxygens (including phenoxy) is 6. The number of aromatic amines is 6. The van der Waals surface area contributed by atoms with Crippen LogP contribution in [0, 0.1) is 0 Å². The van der Waals surface area contributed by atoms with E-state index in [0.29, 0.717) is 70.8 Å². The number of aromatic nitrogens is 6. The van der Waals surface area contributed by atoms with Crippen LogP contribution in [0.15, 0.2) is 146 Å². The number of fused-ring (bicyclic) bond motifs is 6. The van der Waals surface area contributed by atoms with Gasteiger partial charge < -0.3 is 120 Å². The summed E-state index contributed by atoms with van der Waals surface area (Å²) in [4.78, 5) is 90.9. The third-order valence-electron chi connectivity index (χ3n) is 17.8. The molecule has 6 aliphatic heterocycles. The molecular formula is C96H126N18O12. The first kappa shape index (κ1) is 42.0. The van der Waals surface area contributed by atoms with Crippen LogP contribution in [0.4, 0.5) is 28.8 Å². The molecule has 6 fully saturated rings. The monoisotopic (exact) mass is 1780 g/mol. The van der Waals surface area contributed by atoms with E-state index in [9.17, 15) is 28.8 Å². The fourth-order valence-electron chi connectivity index (χ4n) is 12.2. The van der Waals surface area contributed by atoms with Crippen molar-refractivity contribution in [1.82, 2.24) is 91.2 Å². The summed E-state index contributed by atoms with van der Waals surface area (Å²) in [5.41, 5.74) is 3.15. The molecule has 12 N–H and O–H groups in total. The predicted octanol–water partition coefficient (Wildman–Crippen LogP) is 11.5. The summed E-state index contributed by atoms with van der Waals surface area (Å²) >= 11 is 0. The molecule has 12 heterocycles. The van der Waals surface area contributed by atoms with E-state index in [-0.39, 0.29) is 95.4 Å². The Labute approximate surface area is 820 Å². The molecule has 6 atom stereocenters. The van der Waals surface area contributed by atoms with Gasteiger partial charge in [0.05, 0.1) is 60.8 Å². The van der Waals surface area contributed by atoms with E-state index < -0.39 is 250 Å². The highest BCUT2D eigenvalue weighted by molar-refractivity contribution is 5.88. The van der Waals surface area contributed by atoms with Gasteiger partial charge in [-0.15, -0.1) is 0 Å². The average Bonchev–Trinajstić information content (AvgIpc) is 1.57. The molecule has 6 aliphatic rings. The molecule has 0 unspecified atom stereocenters. The fourth-order valence-corrected chi connectivity index (χ4v) is 12.2. The third-order valence-corrected chi connectivity index (χ3v) is 17.8. The molecule has 0 bridgehead atoms. The average molecular weight is 1780 g/mol. The van der Waals surface area contributed by atoms with Crippen molar-refractivity contribution in [1.29, 1.82) is 0 Å².